The zero-order valence-corrected chi connectivity index (χ0v) is 17.6. The molecule has 1 unspecified atom stereocenters. The summed E-state index contributed by atoms with van der Waals surface area (Å²) in [6.07, 6.45) is 0.128. The van der Waals surface area contributed by atoms with Crippen molar-refractivity contribution in [1.82, 2.24) is 5.32 Å². The third kappa shape index (κ3) is 6.36. The average Bonchev–Trinajstić information content (AvgIpc) is 2.66. The molecule has 5 nitrogen and oxygen atoms in total. The Morgan fingerprint density at radius 2 is 1.68 bits per heavy atom. The second kappa shape index (κ2) is 10.8. The number of hydrogen-bond acceptors (Lipinski definition) is 4. The Bertz CT molecular complexity index is 804. The molecule has 0 heterocycles. The first kappa shape index (κ1) is 23.7. The molecule has 0 aliphatic rings. The van der Waals surface area contributed by atoms with Crippen LogP contribution in [0.2, 0.25) is 0 Å². The third-order valence-corrected chi connectivity index (χ3v) is 4.59. The van der Waals surface area contributed by atoms with Gasteiger partial charge in [0.25, 0.3) is 0 Å². The minimum absolute atomic E-state index is 0. The summed E-state index contributed by atoms with van der Waals surface area (Å²) in [5.41, 5.74) is 9.67. The summed E-state index contributed by atoms with van der Waals surface area (Å²) in [5, 5.41) is 2.86. The first-order valence-electron chi connectivity index (χ1n) is 9.11. The van der Waals surface area contributed by atoms with Crippen molar-refractivity contribution in [2.45, 2.75) is 39.2 Å². The smallest absolute Gasteiger partial charge is 0.224 e. The van der Waals surface area contributed by atoms with E-state index in [9.17, 15) is 9.59 Å². The van der Waals surface area contributed by atoms with Crippen LogP contribution in [0, 0.1) is 0 Å². The van der Waals surface area contributed by atoms with Crippen LogP contribution in [0.4, 0.5) is 0 Å². The van der Waals surface area contributed by atoms with Crippen LogP contribution >= 0.6 is 12.4 Å². The lowest BCUT2D eigenvalue weighted by atomic mass is 9.99. The number of rotatable bonds is 8. The van der Waals surface area contributed by atoms with E-state index in [0.717, 1.165) is 5.56 Å². The topological polar surface area (TPSA) is 81.4 Å². The number of methoxy groups -OCH3 is 1. The van der Waals surface area contributed by atoms with Gasteiger partial charge < -0.3 is 15.8 Å². The first-order chi connectivity index (χ1) is 12.8. The standard InChI is InChI=1S/C22H28N2O3.ClH/c1-14(2)16-5-7-17(8-6-16)20(23)13-24-22(26)12-19-11-18(15(3)25)9-10-21(19)27-4;/h5-11,14,20H,12-13,23H2,1-4H3,(H,24,26);1H. The van der Waals surface area contributed by atoms with Gasteiger partial charge in [0, 0.05) is 23.7 Å². The molecule has 0 bridgehead atoms. The SMILES string of the molecule is COc1ccc(C(C)=O)cc1CC(=O)NCC(N)c1ccc(C(C)C)cc1.Cl. The maximum atomic E-state index is 12.3. The Labute approximate surface area is 173 Å². The van der Waals surface area contributed by atoms with E-state index in [1.807, 2.05) is 12.1 Å². The number of ether oxygens (including phenoxy) is 1. The molecule has 2 rings (SSSR count). The van der Waals surface area contributed by atoms with Gasteiger partial charge in [0.05, 0.1) is 13.5 Å². The molecule has 152 valence electrons. The predicted octanol–water partition coefficient (Wildman–Crippen LogP) is 3.80. The fourth-order valence-corrected chi connectivity index (χ4v) is 2.84. The molecule has 6 heteroatoms. The van der Waals surface area contributed by atoms with Crippen LogP contribution in [0.3, 0.4) is 0 Å². The Hall–Kier alpha value is -2.37. The highest BCUT2D eigenvalue weighted by Crippen LogP contribution is 2.21. The van der Waals surface area contributed by atoms with Crippen LogP contribution in [0.1, 0.15) is 59.8 Å². The van der Waals surface area contributed by atoms with Crippen LogP contribution in [0.15, 0.2) is 42.5 Å². The van der Waals surface area contributed by atoms with Crippen LogP contribution < -0.4 is 15.8 Å². The summed E-state index contributed by atoms with van der Waals surface area (Å²) in [4.78, 5) is 23.9. The van der Waals surface area contributed by atoms with E-state index in [0.29, 0.717) is 29.3 Å². The predicted molar refractivity (Wildman–Crippen MR) is 114 cm³/mol. The quantitative estimate of drug-likeness (QED) is 0.655. The molecule has 2 aromatic carbocycles. The fourth-order valence-electron chi connectivity index (χ4n) is 2.84. The highest BCUT2D eigenvalue weighted by atomic mass is 35.5. The third-order valence-electron chi connectivity index (χ3n) is 4.59. The van der Waals surface area contributed by atoms with Crippen molar-refractivity contribution >= 4 is 24.1 Å². The molecule has 0 aromatic heterocycles. The second-order valence-corrected chi connectivity index (χ2v) is 6.99. The number of halogens is 1. The molecule has 0 saturated heterocycles. The largest absolute Gasteiger partial charge is 0.496 e. The summed E-state index contributed by atoms with van der Waals surface area (Å²) < 4.78 is 5.29. The Morgan fingerprint density at radius 3 is 2.21 bits per heavy atom. The van der Waals surface area contributed by atoms with Gasteiger partial charge in [-0.25, -0.2) is 0 Å². The lowest BCUT2D eigenvalue weighted by Gasteiger charge is -2.15. The molecular weight excluding hydrogens is 376 g/mol. The van der Waals surface area contributed by atoms with E-state index in [-0.39, 0.29) is 36.6 Å². The molecule has 1 amide bonds. The summed E-state index contributed by atoms with van der Waals surface area (Å²) in [6, 6.07) is 13.0. The van der Waals surface area contributed by atoms with Gasteiger partial charge in [-0.1, -0.05) is 38.1 Å². The number of Topliss-reactive ketones (excluding diaryl/α,β-unsaturated/α-hetero) is 1. The van der Waals surface area contributed by atoms with Gasteiger partial charge in [0.1, 0.15) is 5.75 Å². The van der Waals surface area contributed by atoms with E-state index in [4.69, 9.17) is 10.5 Å². The Morgan fingerprint density at radius 1 is 1.07 bits per heavy atom. The van der Waals surface area contributed by atoms with E-state index >= 15 is 0 Å². The van der Waals surface area contributed by atoms with Crippen molar-refractivity contribution in [3.8, 4) is 5.75 Å². The first-order valence-corrected chi connectivity index (χ1v) is 9.11. The Kier molecular flexibility index (Phi) is 9.16. The summed E-state index contributed by atoms with van der Waals surface area (Å²) in [5.74, 6) is 0.842. The number of nitrogens with one attached hydrogen (secondary N) is 1. The number of amides is 1. The van der Waals surface area contributed by atoms with Gasteiger partial charge in [-0.15, -0.1) is 12.4 Å². The number of benzene rings is 2. The molecule has 0 aliphatic carbocycles. The van der Waals surface area contributed by atoms with Crippen molar-refractivity contribution in [3.63, 3.8) is 0 Å². The molecule has 0 aliphatic heterocycles. The maximum Gasteiger partial charge on any atom is 0.224 e. The molecule has 1 atom stereocenters. The minimum Gasteiger partial charge on any atom is -0.496 e. The zero-order chi connectivity index (χ0) is 20.0. The highest BCUT2D eigenvalue weighted by Gasteiger charge is 2.13. The van der Waals surface area contributed by atoms with Gasteiger partial charge >= 0.3 is 0 Å². The van der Waals surface area contributed by atoms with Crippen LogP contribution in [0.25, 0.3) is 0 Å². The summed E-state index contributed by atoms with van der Waals surface area (Å²) in [7, 11) is 1.54. The highest BCUT2D eigenvalue weighted by molar-refractivity contribution is 5.94. The number of hydrogen-bond donors (Lipinski definition) is 2. The van der Waals surface area contributed by atoms with Crippen LogP contribution in [-0.2, 0) is 11.2 Å². The van der Waals surface area contributed by atoms with Crippen molar-refractivity contribution in [3.05, 3.63) is 64.7 Å². The average molecular weight is 405 g/mol. The van der Waals surface area contributed by atoms with Crippen LogP contribution in [-0.4, -0.2) is 25.3 Å². The number of carbonyl (C=O) groups is 2. The number of ketones is 1. The Balaban J connectivity index is 0.00000392. The van der Waals surface area contributed by atoms with E-state index in [2.05, 4.69) is 31.3 Å². The fraction of sp³-hybridized carbons (Fsp3) is 0.364. The summed E-state index contributed by atoms with van der Waals surface area (Å²) >= 11 is 0. The molecule has 0 radical (unpaired) electrons. The molecular formula is C22H29ClN2O3. The van der Waals surface area contributed by atoms with E-state index < -0.39 is 0 Å². The molecule has 28 heavy (non-hydrogen) atoms. The van der Waals surface area contributed by atoms with Gasteiger partial charge in [-0.3, -0.25) is 9.59 Å². The monoisotopic (exact) mass is 404 g/mol. The van der Waals surface area contributed by atoms with Gasteiger partial charge in [0.15, 0.2) is 5.78 Å². The lowest BCUT2D eigenvalue weighted by Crippen LogP contribution is -2.33. The maximum absolute atomic E-state index is 12.3. The summed E-state index contributed by atoms with van der Waals surface area (Å²) in [6.45, 7) is 6.12. The normalized spacial score (nSPS) is 11.5. The molecule has 0 fully saturated rings. The number of carbonyl (C=O) groups excluding carboxylic acids is 2. The van der Waals surface area contributed by atoms with Crippen molar-refractivity contribution in [1.29, 1.82) is 0 Å². The van der Waals surface area contributed by atoms with Gasteiger partial charge in [0.2, 0.25) is 5.91 Å². The molecule has 2 aromatic rings. The minimum atomic E-state index is -0.277. The molecule has 0 spiro atoms. The molecule has 3 N–H and O–H groups in total. The van der Waals surface area contributed by atoms with Crippen molar-refractivity contribution in [2.24, 2.45) is 5.73 Å². The van der Waals surface area contributed by atoms with Gasteiger partial charge in [-0.05, 0) is 42.2 Å². The van der Waals surface area contributed by atoms with E-state index in [1.54, 1.807) is 25.3 Å². The van der Waals surface area contributed by atoms with Crippen molar-refractivity contribution < 1.29 is 14.3 Å². The zero-order valence-electron chi connectivity index (χ0n) is 16.8. The van der Waals surface area contributed by atoms with E-state index in [1.165, 1.54) is 12.5 Å². The van der Waals surface area contributed by atoms with Crippen molar-refractivity contribution in [2.75, 3.05) is 13.7 Å². The van der Waals surface area contributed by atoms with Crippen LogP contribution in [0.5, 0.6) is 5.75 Å². The van der Waals surface area contributed by atoms with Gasteiger partial charge in [-0.2, -0.15) is 0 Å². The lowest BCUT2D eigenvalue weighted by molar-refractivity contribution is -0.120. The second-order valence-electron chi connectivity index (χ2n) is 6.99. The number of nitrogens with two attached hydrogens (primary N) is 1. The molecule has 0 saturated carbocycles.